The van der Waals surface area contributed by atoms with E-state index in [2.05, 4.69) is 4.74 Å². The van der Waals surface area contributed by atoms with Crippen LogP contribution >= 0.6 is 0 Å². The average molecular weight is 249 g/mol. The van der Waals surface area contributed by atoms with E-state index in [1.807, 2.05) is 0 Å². The maximum absolute atomic E-state index is 11.4. The first-order chi connectivity index (χ1) is 8.52. The van der Waals surface area contributed by atoms with Gasteiger partial charge in [-0.2, -0.15) is 0 Å². The molecule has 1 heterocycles. The Kier molecular flexibility index (Phi) is 3.12. The van der Waals surface area contributed by atoms with Crippen LogP contribution in [-0.2, 0) is 20.7 Å². The zero-order chi connectivity index (χ0) is 13.3. The van der Waals surface area contributed by atoms with Gasteiger partial charge in [0, 0.05) is 0 Å². The highest BCUT2D eigenvalue weighted by Gasteiger charge is 2.31. The predicted molar refractivity (Wildman–Crippen MR) is 60.1 cm³/mol. The molecule has 0 bridgehead atoms. The maximum atomic E-state index is 11.4. The zero-order valence-electron chi connectivity index (χ0n) is 9.64. The van der Waals surface area contributed by atoms with Gasteiger partial charge >= 0.3 is 11.9 Å². The van der Waals surface area contributed by atoms with E-state index < -0.39 is 23.8 Å². The van der Waals surface area contributed by atoms with Gasteiger partial charge in [0.25, 0.3) is 5.78 Å². The molecule has 0 spiro atoms. The molecule has 2 N–H and O–H groups in total. The minimum Gasteiger partial charge on any atom is -0.468 e. The van der Waals surface area contributed by atoms with E-state index in [-0.39, 0.29) is 17.7 Å². The first-order valence-corrected chi connectivity index (χ1v) is 5.25. The monoisotopic (exact) mass is 249 g/mol. The highest BCUT2D eigenvalue weighted by molar-refractivity contribution is 6.44. The molecule has 1 aromatic rings. The number of nitrogens with two attached hydrogens (primary N) is 1. The summed E-state index contributed by atoms with van der Waals surface area (Å²) in [6.45, 7) is 0. The summed E-state index contributed by atoms with van der Waals surface area (Å²) in [7, 11) is 1.25. The second-order valence-electron chi connectivity index (χ2n) is 3.88. The smallest absolute Gasteiger partial charge is 0.385 e. The molecule has 0 aromatic heterocycles. The van der Waals surface area contributed by atoms with Crippen molar-refractivity contribution < 1.29 is 23.9 Å². The van der Waals surface area contributed by atoms with Gasteiger partial charge in [0.2, 0.25) is 0 Å². The molecule has 0 fully saturated rings. The normalized spacial score (nSPS) is 15.0. The number of hydrogen-bond acceptors (Lipinski definition) is 6. The Bertz CT molecular complexity index is 537. The molecule has 1 aromatic carbocycles. The lowest BCUT2D eigenvalue weighted by Gasteiger charge is -2.09. The third kappa shape index (κ3) is 2.10. The minimum absolute atomic E-state index is 0.203. The Hall–Kier alpha value is -2.21. The van der Waals surface area contributed by atoms with Gasteiger partial charge < -0.3 is 15.2 Å². The molecule has 18 heavy (non-hydrogen) atoms. The summed E-state index contributed by atoms with van der Waals surface area (Å²) in [5.41, 5.74) is 6.48. The standard InChI is InChI=1S/C12H11NO5/c1-17-11(15)8(13)5-6-2-3-9-7(4-6)10(14)12(16)18-9/h2-4,8H,5,13H2,1H3. The van der Waals surface area contributed by atoms with Gasteiger partial charge in [0.15, 0.2) is 0 Å². The number of hydrogen-bond donors (Lipinski definition) is 1. The molecular weight excluding hydrogens is 238 g/mol. The number of esters is 2. The number of ketones is 1. The lowest BCUT2D eigenvalue weighted by molar-refractivity contribution is -0.142. The first-order valence-electron chi connectivity index (χ1n) is 5.25. The van der Waals surface area contributed by atoms with Crippen LogP contribution in [0.15, 0.2) is 18.2 Å². The first kappa shape index (κ1) is 12.3. The Labute approximate surface area is 103 Å². The topological polar surface area (TPSA) is 95.7 Å². The zero-order valence-corrected chi connectivity index (χ0v) is 9.64. The van der Waals surface area contributed by atoms with Crippen LogP contribution in [0.1, 0.15) is 15.9 Å². The molecule has 1 unspecified atom stereocenters. The number of carbonyl (C=O) groups is 3. The van der Waals surface area contributed by atoms with Gasteiger partial charge in [-0.05, 0) is 24.1 Å². The van der Waals surface area contributed by atoms with Gasteiger partial charge in [0.05, 0.1) is 12.7 Å². The molecule has 1 aliphatic heterocycles. The van der Waals surface area contributed by atoms with Gasteiger partial charge in [0.1, 0.15) is 11.8 Å². The number of Topliss-reactive ketones (excluding diaryl/α,β-unsaturated/α-hetero) is 1. The second-order valence-corrected chi connectivity index (χ2v) is 3.88. The molecule has 0 amide bonds. The van der Waals surface area contributed by atoms with Crippen LogP contribution in [0.25, 0.3) is 0 Å². The number of benzene rings is 1. The van der Waals surface area contributed by atoms with E-state index in [4.69, 9.17) is 10.5 Å². The van der Waals surface area contributed by atoms with Crippen molar-refractivity contribution in [2.24, 2.45) is 5.73 Å². The lowest BCUT2D eigenvalue weighted by atomic mass is 10.0. The van der Waals surface area contributed by atoms with E-state index in [9.17, 15) is 14.4 Å². The van der Waals surface area contributed by atoms with E-state index in [0.29, 0.717) is 5.56 Å². The Balaban J connectivity index is 2.21. The van der Waals surface area contributed by atoms with Crippen LogP contribution in [0.2, 0.25) is 0 Å². The third-order valence-electron chi connectivity index (χ3n) is 2.64. The van der Waals surface area contributed by atoms with Crippen molar-refractivity contribution in [3.8, 4) is 5.75 Å². The number of fused-ring (bicyclic) bond motifs is 1. The number of methoxy groups -OCH3 is 1. The van der Waals surface area contributed by atoms with Crippen molar-refractivity contribution in [3.05, 3.63) is 29.3 Å². The number of rotatable bonds is 3. The van der Waals surface area contributed by atoms with Crippen molar-refractivity contribution >= 4 is 17.7 Å². The Morgan fingerprint density at radius 2 is 2.17 bits per heavy atom. The van der Waals surface area contributed by atoms with Crippen LogP contribution in [0.4, 0.5) is 0 Å². The molecule has 0 aliphatic carbocycles. The molecule has 6 heteroatoms. The predicted octanol–water partition coefficient (Wildman–Crippen LogP) is -0.169. The molecule has 0 saturated heterocycles. The van der Waals surface area contributed by atoms with Gasteiger partial charge in [-0.3, -0.25) is 9.59 Å². The van der Waals surface area contributed by atoms with Crippen molar-refractivity contribution in [1.82, 2.24) is 0 Å². The van der Waals surface area contributed by atoms with Crippen LogP contribution in [-0.4, -0.2) is 30.9 Å². The van der Waals surface area contributed by atoms with Crippen molar-refractivity contribution in [2.75, 3.05) is 7.11 Å². The van der Waals surface area contributed by atoms with Crippen LogP contribution < -0.4 is 10.5 Å². The molecule has 94 valence electrons. The number of ether oxygens (including phenoxy) is 2. The van der Waals surface area contributed by atoms with Gasteiger partial charge in [-0.15, -0.1) is 0 Å². The highest BCUT2D eigenvalue weighted by atomic mass is 16.5. The summed E-state index contributed by atoms with van der Waals surface area (Å²) in [6, 6.07) is 3.86. The summed E-state index contributed by atoms with van der Waals surface area (Å²) in [4.78, 5) is 33.6. The maximum Gasteiger partial charge on any atom is 0.385 e. The molecule has 2 rings (SSSR count). The fourth-order valence-electron chi connectivity index (χ4n) is 1.72. The van der Waals surface area contributed by atoms with E-state index in [1.54, 1.807) is 6.07 Å². The Morgan fingerprint density at radius 3 is 2.83 bits per heavy atom. The molecule has 0 radical (unpaired) electrons. The fraction of sp³-hybridized carbons (Fsp3) is 0.250. The van der Waals surface area contributed by atoms with E-state index >= 15 is 0 Å². The molecule has 0 saturated carbocycles. The van der Waals surface area contributed by atoms with Crippen LogP contribution in [0, 0.1) is 0 Å². The van der Waals surface area contributed by atoms with Gasteiger partial charge in [-0.25, -0.2) is 4.79 Å². The van der Waals surface area contributed by atoms with Crippen LogP contribution in [0.5, 0.6) is 5.75 Å². The van der Waals surface area contributed by atoms with Crippen molar-refractivity contribution in [1.29, 1.82) is 0 Å². The summed E-state index contributed by atoms with van der Waals surface area (Å²) >= 11 is 0. The van der Waals surface area contributed by atoms with Crippen LogP contribution in [0.3, 0.4) is 0 Å². The molecule has 6 nitrogen and oxygen atoms in total. The van der Waals surface area contributed by atoms with Crippen molar-refractivity contribution in [2.45, 2.75) is 12.5 Å². The molecular formula is C12H11NO5. The summed E-state index contributed by atoms with van der Waals surface area (Å²) in [6.07, 6.45) is 0.224. The minimum atomic E-state index is -0.889. The lowest BCUT2D eigenvalue weighted by Crippen LogP contribution is -2.33. The number of carbonyl (C=O) groups excluding carboxylic acids is 3. The largest absolute Gasteiger partial charge is 0.468 e. The van der Waals surface area contributed by atoms with Gasteiger partial charge in [-0.1, -0.05) is 6.07 Å². The quantitative estimate of drug-likeness (QED) is 0.454. The molecule has 1 aliphatic rings. The Morgan fingerprint density at radius 1 is 1.44 bits per heavy atom. The third-order valence-corrected chi connectivity index (χ3v) is 2.64. The average Bonchev–Trinajstić information content (AvgIpc) is 2.64. The highest BCUT2D eigenvalue weighted by Crippen LogP contribution is 2.27. The van der Waals surface area contributed by atoms with E-state index in [1.165, 1.54) is 19.2 Å². The summed E-state index contributed by atoms with van der Waals surface area (Å²) in [5.74, 6) is -1.87. The fourth-order valence-corrected chi connectivity index (χ4v) is 1.72. The summed E-state index contributed by atoms with van der Waals surface area (Å²) < 4.78 is 9.24. The van der Waals surface area contributed by atoms with Crippen molar-refractivity contribution in [3.63, 3.8) is 0 Å². The second kappa shape index (κ2) is 4.58. The van der Waals surface area contributed by atoms with E-state index in [0.717, 1.165) is 0 Å². The SMILES string of the molecule is COC(=O)C(N)Cc1ccc2c(c1)C(=O)C(=O)O2. The summed E-state index contributed by atoms with van der Waals surface area (Å²) in [5, 5.41) is 0. The molecule has 1 atom stereocenters.